The van der Waals surface area contributed by atoms with Gasteiger partial charge in [-0.1, -0.05) is 20.8 Å². The fraction of sp³-hybridized carbons (Fsp3) is 0.438. The third-order valence-electron chi connectivity index (χ3n) is 3.59. The first-order valence-electron chi connectivity index (χ1n) is 7.32. The predicted octanol–water partition coefficient (Wildman–Crippen LogP) is 3.71. The van der Waals surface area contributed by atoms with Gasteiger partial charge in [-0.15, -0.1) is 16.4 Å². The molecule has 0 bridgehead atoms. The molecule has 0 aliphatic heterocycles. The second-order valence-electron chi connectivity index (χ2n) is 4.74. The van der Waals surface area contributed by atoms with Crippen LogP contribution in [0.15, 0.2) is 11.4 Å². The van der Waals surface area contributed by atoms with Crippen molar-refractivity contribution in [2.24, 2.45) is 0 Å². The molecule has 1 N–H and O–H groups in total. The maximum atomic E-state index is 9.45. The Hall–Kier alpha value is -1.93. The molecule has 0 amide bonds. The van der Waals surface area contributed by atoms with Crippen LogP contribution in [0, 0.1) is 11.3 Å². The molecule has 0 atom stereocenters. The molecule has 4 nitrogen and oxygen atoms in total. The first kappa shape index (κ1) is 15.5. The van der Waals surface area contributed by atoms with Crippen LogP contribution in [0.5, 0.6) is 0 Å². The van der Waals surface area contributed by atoms with Crippen molar-refractivity contribution in [1.82, 2.24) is 10.2 Å². The Balaban J connectivity index is 2.26. The van der Waals surface area contributed by atoms with Gasteiger partial charge in [-0.2, -0.15) is 10.4 Å². The lowest BCUT2D eigenvalue weighted by Gasteiger charge is -2.12. The van der Waals surface area contributed by atoms with E-state index in [2.05, 4.69) is 46.9 Å². The van der Waals surface area contributed by atoms with Gasteiger partial charge in [0.25, 0.3) is 0 Å². The Morgan fingerprint density at radius 2 is 2.00 bits per heavy atom. The normalized spacial score (nSPS) is 10.4. The molecule has 21 heavy (non-hydrogen) atoms. The predicted molar refractivity (Wildman–Crippen MR) is 86.5 cm³/mol. The number of anilines is 1. The molecule has 0 saturated heterocycles. The maximum absolute atomic E-state index is 9.45. The number of nitrogens with one attached hydrogen (secondary N) is 1. The average Bonchev–Trinajstić information content (AvgIpc) is 2.99. The molecular weight excluding hydrogens is 280 g/mol. The summed E-state index contributed by atoms with van der Waals surface area (Å²) >= 11 is 1.73. The summed E-state index contributed by atoms with van der Waals surface area (Å²) in [4.78, 5) is 1.29. The molecule has 110 valence electrons. The highest BCUT2D eigenvalue weighted by molar-refractivity contribution is 7.10. The third kappa shape index (κ3) is 3.22. The van der Waals surface area contributed by atoms with Crippen molar-refractivity contribution in [3.63, 3.8) is 0 Å². The number of thiophene rings is 1. The Morgan fingerprint density at radius 3 is 2.62 bits per heavy atom. The van der Waals surface area contributed by atoms with Crippen LogP contribution in [0.2, 0.25) is 0 Å². The van der Waals surface area contributed by atoms with E-state index in [0.717, 1.165) is 30.5 Å². The van der Waals surface area contributed by atoms with Crippen molar-refractivity contribution < 1.29 is 0 Å². The highest BCUT2D eigenvalue weighted by atomic mass is 32.1. The molecule has 0 fully saturated rings. The standard InChI is InChI=1S/C16H20N4S/c1-4-11-7-8-21-15(11)10-18-16-13(9-17)12(5-2)14(6-3)19-20-16/h7-8H,4-6,10H2,1-3H3,(H,18,20). The fourth-order valence-electron chi connectivity index (χ4n) is 2.42. The molecule has 5 heteroatoms. The average molecular weight is 300 g/mol. The SMILES string of the molecule is CCc1ccsc1CNc1nnc(CC)c(CC)c1C#N. The number of nitrogens with zero attached hydrogens (tertiary/aromatic N) is 3. The van der Waals surface area contributed by atoms with Gasteiger partial charge in [-0.05, 0) is 41.8 Å². The van der Waals surface area contributed by atoms with Crippen molar-refractivity contribution in [3.05, 3.63) is 38.7 Å². The van der Waals surface area contributed by atoms with Crippen molar-refractivity contribution in [3.8, 4) is 6.07 Å². The Bertz CT molecular complexity index is 655. The number of aromatic nitrogens is 2. The summed E-state index contributed by atoms with van der Waals surface area (Å²) in [6, 6.07) is 4.44. The smallest absolute Gasteiger partial charge is 0.167 e. The molecule has 0 spiro atoms. The summed E-state index contributed by atoms with van der Waals surface area (Å²) in [6.45, 7) is 6.93. The van der Waals surface area contributed by atoms with Crippen molar-refractivity contribution in [2.75, 3.05) is 5.32 Å². The molecule has 2 aromatic rings. The maximum Gasteiger partial charge on any atom is 0.167 e. The van der Waals surface area contributed by atoms with E-state index < -0.39 is 0 Å². The zero-order valence-electron chi connectivity index (χ0n) is 12.7. The van der Waals surface area contributed by atoms with E-state index in [1.165, 1.54) is 10.4 Å². The summed E-state index contributed by atoms with van der Waals surface area (Å²) in [5, 5.41) is 23.3. The molecule has 0 aliphatic rings. The van der Waals surface area contributed by atoms with E-state index in [9.17, 15) is 5.26 Å². The summed E-state index contributed by atoms with van der Waals surface area (Å²) in [5.74, 6) is 0.599. The zero-order chi connectivity index (χ0) is 15.2. The summed E-state index contributed by atoms with van der Waals surface area (Å²) in [5.41, 5.74) is 3.92. The van der Waals surface area contributed by atoms with Crippen LogP contribution in [0.25, 0.3) is 0 Å². The van der Waals surface area contributed by atoms with Gasteiger partial charge in [0.05, 0.1) is 12.2 Å². The summed E-state index contributed by atoms with van der Waals surface area (Å²) in [6.07, 6.45) is 2.62. The first-order chi connectivity index (χ1) is 10.2. The number of hydrogen-bond donors (Lipinski definition) is 1. The molecule has 2 rings (SSSR count). The fourth-order valence-corrected chi connectivity index (χ4v) is 3.33. The number of aryl methyl sites for hydroxylation is 2. The van der Waals surface area contributed by atoms with Gasteiger partial charge in [0, 0.05) is 4.88 Å². The summed E-state index contributed by atoms with van der Waals surface area (Å²) < 4.78 is 0. The second kappa shape index (κ2) is 7.19. The van der Waals surface area contributed by atoms with Gasteiger partial charge in [0.15, 0.2) is 5.82 Å². The number of nitriles is 1. The monoisotopic (exact) mass is 300 g/mol. The highest BCUT2D eigenvalue weighted by Crippen LogP contribution is 2.22. The van der Waals surface area contributed by atoms with E-state index in [-0.39, 0.29) is 0 Å². The highest BCUT2D eigenvalue weighted by Gasteiger charge is 2.14. The zero-order valence-corrected chi connectivity index (χ0v) is 13.5. The lowest BCUT2D eigenvalue weighted by Crippen LogP contribution is -2.10. The largest absolute Gasteiger partial charge is 0.363 e. The van der Waals surface area contributed by atoms with E-state index in [0.29, 0.717) is 17.9 Å². The molecule has 0 unspecified atom stereocenters. The van der Waals surface area contributed by atoms with Crippen molar-refractivity contribution in [1.29, 1.82) is 5.26 Å². The van der Waals surface area contributed by atoms with Crippen LogP contribution < -0.4 is 5.32 Å². The van der Waals surface area contributed by atoms with Gasteiger partial charge in [0.2, 0.25) is 0 Å². The topological polar surface area (TPSA) is 61.6 Å². The van der Waals surface area contributed by atoms with Gasteiger partial charge in [-0.3, -0.25) is 0 Å². The van der Waals surface area contributed by atoms with E-state index >= 15 is 0 Å². The lowest BCUT2D eigenvalue weighted by atomic mass is 10.0. The lowest BCUT2D eigenvalue weighted by molar-refractivity contribution is 0.869. The van der Waals surface area contributed by atoms with Crippen LogP contribution in [0.3, 0.4) is 0 Å². The number of rotatable bonds is 6. The Morgan fingerprint density at radius 1 is 1.19 bits per heavy atom. The minimum absolute atomic E-state index is 0.599. The van der Waals surface area contributed by atoms with Crippen LogP contribution in [0.1, 0.15) is 48.0 Å². The first-order valence-corrected chi connectivity index (χ1v) is 8.20. The minimum atomic E-state index is 0.599. The molecule has 0 aromatic carbocycles. The quantitative estimate of drug-likeness (QED) is 0.883. The minimum Gasteiger partial charge on any atom is -0.363 e. The molecular formula is C16H20N4S. The van der Waals surface area contributed by atoms with E-state index in [1.54, 1.807) is 11.3 Å². The third-order valence-corrected chi connectivity index (χ3v) is 4.56. The van der Waals surface area contributed by atoms with E-state index in [4.69, 9.17) is 0 Å². The van der Waals surface area contributed by atoms with Gasteiger partial charge >= 0.3 is 0 Å². The van der Waals surface area contributed by atoms with Crippen LogP contribution in [0.4, 0.5) is 5.82 Å². The van der Waals surface area contributed by atoms with Crippen LogP contribution >= 0.6 is 11.3 Å². The van der Waals surface area contributed by atoms with Gasteiger partial charge < -0.3 is 5.32 Å². The van der Waals surface area contributed by atoms with E-state index in [1.807, 2.05) is 6.92 Å². The molecule has 2 heterocycles. The molecule has 2 aromatic heterocycles. The van der Waals surface area contributed by atoms with Gasteiger partial charge in [0.1, 0.15) is 11.6 Å². The second-order valence-corrected chi connectivity index (χ2v) is 5.74. The molecule has 0 aliphatic carbocycles. The van der Waals surface area contributed by atoms with Crippen molar-refractivity contribution >= 4 is 17.2 Å². The van der Waals surface area contributed by atoms with Crippen molar-refractivity contribution in [2.45, 2.75) is 46.6 Å². The number of hydrogen-bond acceptors (Lipinski definition) is 5. The van der Waals surface area contributed by atoms with Crippen LogP contribution in [-0.2, 0) is 25.8 Å². The molecule has 0 saturated carbocycles. The van der Waals surface area contributed by atoms with Gasteiger partial charge in [-0.25, -0.2) is 0 Å². The Kier molecular flexibility index (Phi) is 5.29. The summed E-state index contributed by atoms with van der Waals surface area (Å²) in [7, 11) is 0. The molecule has 0 radical (unpaired) electrons. The Labute approximate surface area is 129 Å². The van der Waals surface area contributed by atoms with Crippen LogP contribution in [-0.4, -0.2) is 10.2 Å².